The van der Waals surface area contributed by atoms with Gasteiger partial charge >= 0.3 is 0 Å². The van der Waals surface area contributed by atoms with E-state index in [9.17, 15) is 4.79 Å². The first-order valence-corrected chi connectivity index (χ1v) is 6.22. The number of carbonyl (C=O) groups is 1. The molecule has 0 aliphatic carbocycles. The fourth-order valence-electron chi connectivity index (χ4n) is 2.00. The number of hydrogen-bond acceptors (Lipinski definition) is 3. The summed E-state index contributed by atoms with van der Waals surface area (Å²) < 4.78 is 5.49. The number of carbonyl (C=O) groups excluding carboxylic acids is 1. The van der Waals surface area contributed by atoms with Gasteiger partial charge in [-0.25, -0.2) is 0 Å². The molecule has 3 atom stereocenters. The first-order valence-electron chi connectivity index (χ1n) is 5.81. The molecular weight excluding hydrogens is 224 g/mol. The van der Waals surface area contributed by atoms with E-state index in [0.717, 1.165) is 19.3 Å². The van der Waals surface area contributed by atoms with E-state index in [4.69, 9.17) is 22.7 Å². The van der Waals surface area contributed by atoms with E-state index >= 15 is 0 Å². The van der Waals surface area contributed by atoms with Gasteiger partial charge in [0.2, 0.25) is 5.91 Å². The molecule has 1 amide bonds. The molecule has 1 aliphatic rings. The van der Waals surface area contributed by atoms with Crippen molar-refractivity contribution < 1.29 is 9.53 Å². The molecule has 0 saturated carbocycles. The lowest BCUT2D eigenvalue weighted by Crippen LogP contribution is -2.46. The predicted octanol–water partition coefficient (Wildman–Crippen LogP) is 0.982. The highest BCUT2D eigenvalue weighted by atomic mass is 32.1. The van der Waals surface area contributed by atoms with Crippen molar-refractivity contribution in [2.75, 3.05) is 6.61 Å². The molecule has 0 aromatic heterocycles. The maximum Gasteiger partial charge on any atom is 0.226 e. The van der Waals surface area contributed by atoms with Crippen LogP contribution in [0.1, 0.15) is 33.1 Å². The summed E-state index contributed by atoms with van der Waals surface area (Å²) in [6.07, 6.45) is 2.43. The fourth-order valence-corrected chi connectivity index (χ4v) is 2.23. The Bertz CT molecular complexity index is 271. The van der Waals surface area contributed by atoms with Crippen LogP contribution in [0, 0.1) is 5.92 Å². The van der Waals surface area contributed by atoms with Gasteiger partial charge in [-0.3, -0.25) is 4.79 Å². The monoisotopic (exact) mass is 244 g/mol. The Morgan fingerprint density at radius 2 is 2.31 bits per heavy atom. The number of ether oxygens (including phenoxy) is 1. The minimum absolute atomic E-state index is 0.0176. The number of rotatable bonds is 5. The highest BCUT2D eigenvalue weighted by Gasteiger charge is 2.33. The van der Waals surface area contributed by atoms with Gasteiger partial charge in [0.1, 0.15) is 0 Å². The number of amides is 1. The molecule has 16 heavy (non-hydrogen) atoms. The number of thiocarbonyl (C=S) groups is 1. The summed E-state index contributed by atoms with van der Waals surface area (Å²) in [4.78, 5) is 12.3. The predicted molar refractivity (Wildman–Crippen MR) is 67.1 cm³/mol. The van der Waals surface area contributed by atoms with E-state index in [1.54, 1.807) is 0 Å². The average molecular weight is 244 g/mol. The van der Waals surface area contributed by atoms with Crippen LogP contribution < -0.4 is 11.1 Å². The number of nitrogens with one attached hydrogen (secondary N) is 1. The minimum atomic E-state index is -0.194. The highest BCUT2D eigenvalue weighted by Crippen LogP contribution is 2.23. The zero-order chi connectivity index (χ0) is 12.1. The van der Waals surface area contributed by atoms with Crippen LogP contribution in [0.25, 0.3) is 0 Å². The van der Waals surface area contributed by atoms with Gasteiger partial charge in [-0.2, -0.15) is 0 Å². The molecule has 1 rings (SSSR count). The van der Waals surface area contributed by atoms with Crippen molar-refractivity contribution in [2.45, 2.75) is 45.3 Å². The summed E-state index contributed by atoms with van der Waals surface area (Å²) in [5.41, 5.74) is 5.55. The van der Waals surface area contributed by atoms with E-state index in [0.29, 0.717) is 11.6 Å². The first-order chi connectivity index (χ1) is 7.60. The van der Waals surface area contributed by atoms with Gasteiger partial charge in [0, 0.05) is 6.61 Å². The Morgan fingerprint density at radius 3 is 2.81 bits per heavy atom. The lowest BCUT2D eigenvalue weighted by Gasteiger charge is -2.21. The van der Waals surface area contributed by atoms with Gasteiger partial charge in [-0.15, -0.1) is 0 Å². The maximum atomic E-state index is 12.0. The lowest BCUT2D eigenvalue weighted by molar-refractivity contribution is -0.127. The molecule has 1 fully saturated rings. The lowest BCUT2D eigenvalue weighted by atomic mass is 9.98. The van der Waals surface area contributed by atoms with E-state index in [1.165, 1.54) is 0 Å². The summed E-state index contributed by atoms with van der Waals surface area (Å²) in [6.45, 7) is 4.65. The molecule has 0 bridgehead atoms. The zero-order valence-electron chi connectivity index (χ0n) is 9.86. The van der Waals surface area contributed by atoms with Crippen molar-refractivity contribution >= 4 is 23.1 Å². The third-order valence-corrected chi connectivity index (χ3v) is 3.30. The second-order valence-corrected chi connectivity index (χ2v) is 4.56. The average Bonchev–Trinajstić information content (AvgIpc) is 2.72. The maximum absolute atomic E-state index is 12.0. The molecular formula is C11H20N2O2S. The van der Waals surface area contributed by atoms with Crippen molar-refractivity contribution in [2.24, 2.45) is 11.7 Å². The van der Waals surface area contributed by atoms with Crippen LogP contribution in [0.3, 0.4) is 0 Å². The normalized spacial score (nSPS) is 26.4. The first kappa shape index (κ1) is 13.4. The van der Waals surface area contributed by atoms with Gasteiger partial charge in [-0.1, -0.05) is 26.1 Å². The van der Waals surface area contributed by atoms with Crippen LogP contribution in [0.2, 0.25) is 0 Å². The molecule has 3 N–H and O–H groups in total. The van der Waals surface area contributed by atoms with Gasteiger partial charge in [0.05, 0.1) is 23.1 Å². The van der Waals surface area contributed by atoms with Crippen LogP contribution >= 0.6 is 12.2 Å². The smallest absolute Gasteiger partial charge is 0.226 e. The second kappa shape index (κ2) is 6.15. The largest absolute Gasteiger partial charge is 0.392 e. The van der Waals surface area contributed by atoms with E-state index < -0.39 is 0 Å². The van der Waals surface area contributed by atoms with Crippen LogP contribution in [0.15, 0.2) is 0 Å². The second-order valence-electron chi connectivity index (χ2n) is 4.08. The van der Waals surface area contributed by atoms with E-state index in [2.05, 4.69) is 5.32 Å². The molecule has 5 heteroatoms. The fraction of sp³-hybridized carbons (Fsp3) is 0.818. The van der Waals surface area contributed by atoms with E-state index in [-0.39, 0.29) is 24.0 Å². The van der Waals surface area contributed by atoms with Gasteiger partial charge in [0.25, 0.3) is 0 Å². The van der Waals surface area contributed by atoms with Crippen molar-refractivity contribution in [3.8, 4) is 0 Å². The quantitative estimate of drug-likeness (QED) is 0.708. The van der Waals surface area contributed by atoms with Crippen LogP contribution in [0.4, 0.5) is 0 Å². The standard InChI is InChI=1S/C11H20N2O2S/c1-3-8(10(12)16)13-11(14)7-5-6-15-9(7)4-2/h7-9H,3-6H2,1-2H3,(H2,12,16)(H,13,14). The van der Waals surface area contributed by atoms with Gasteiger partial charge in [-0.05, 0) is 19.3 Å². The molecule has 1 saturated heterocycles. The zero-order valence-corrected chi connectivity index (χ0v) is 10.7. The SMILES string of the molecule is CCC(NC(=O)C1CCOC1CC)C(N)=S. The van der Waals surface area contributed by atoms with Crippen molar-refractivity contribution in [1.29, 1.82) is 0 Å². The highest BCUT2D eigenvalue weighted by molar-refractivity contribution is 7.80. The Kier molecular flexibility index (Phi) is 5.15. The molecule has 0 radical (unpaired) electrons. The molecule has 92 valence electrons. The van der Waals surface area contributed by atoms with Crippen LogP contribution in [-0.2, 0) is 9.53 Å². The van der Waals surface area contributed by atoms with Crippen molar-refractivity contribution in [3.05, 3.63) is 0 Å². The topological polar surface area (TPSA) is 64.3 Å². The number of nitrogens with two attached hydrogens (primary N) is 1. The van der Waals surface area contributed by atoms with Crippen molar-refractivity contribution in [1.82, 2.24) is 5.32 Å². The Morgan fingerprint density at radius 1 is 1.62 bits per heavy atom. The van der Waals surface area contributed by atoms with Crippen LogP contribution in [0.5, 0.6) is 0 Å². The third kappa shape index (κ3) is 3.15. The Hall–Kier alpha value is -0.680. The van der Waals surface area contributed by atoms with Gasteiger partial charge in [0.15, 0.2) is 0 Å². The Balaban J connectivity index is 2.54. The molecule has 1 heterocycles. The van der Waals surface area contributed by atoms with Crippen molar-refractivity contribution in [3.63, 3.8) is 0 Å². The van der Waals surface area contributed by atoms with Gasteiger partial charge < -0.3 is 15.8 Å². The molecule has 0 aromatic carbocycles. The van der Waals surface area contributed by atoms with E-state index in [1.807, 2.05) is 13.8 Å². The molecule has 0 spiro atoms. The molecule has 3 unspecified atom stereocenters. The summed E-state index contributed by atoms with van der Waals surface area (Å²) in [5.74, 6) is -0.0302. The molecule has 4 nitrogen and oxygen atoms in total. The summed E-state index contributed by atoms with van der Waals surface area (Å²) in [7, 11) is 0. The molecule has 0 aromatic rings. The summed E-state index contributed by atoms with van der Waals surface area (Å²) >= 11 is 4.90. The summed E-state index contributed by atoms with van der Waals surface area (Å²) in [5, 5.41) is 2.89. The number of hydrogen-bond donors (Lipinski definition) is 2. The Labute approximate surface area is 102 Å². The third-order valence-electron chi connectivity index (χ3n) is 3.02. The summed E-state index contributed by atoms with van der Waals surface area (Å²) in [6, 6.07) is -0.194. The molecule has 1 aliphatic heterocycles. The minimum Gasteiger partial charge on any atom is -0.392 e. The van der Waals surface area contributed by atoms with Crippen LogP contribution in [-0.4, -0.2) is 29.6 Å².